The van der Waals surface area contributed by atoms with Crippen LogP contribution >= 0.6 is 0 Å². The number of aliphatic imine (C=N–C) groups is 1. The van der Waals surface area contributed by atoms with Crippen LogP contribution in [-0.4, -0.2) is 6.08 Å². The lowest BCUT2D eigenvalue weighted by molar-refractivity contribution is -0.137. The van der Waals surface area contributed by atoms with Crippen LogP contribution in [0.5, 0.6) is 0 Å². The van der Waals surface area contributed by atoms with Gasteiger partial charge in [-0.2, -0.15) is 13.2 Å². The molecule has 0 amide bonds. The fourth-order valence-corrected chi connectivity index (χ4v) is 0.858. The standard InChI is InChI=1S/C10H4F3NO/c11-10(12,13)9-3-1-8(2-4-9)5-6-14-7-15/h1-4H. The molecular formula is C10H4F3NO. The van der Waals surface area contributed by atoms with E-state index in [0.29, 0.717) is 5.56 Å². The summed E-state index contributed by atoms with van der Waals surface area (Å²) in [6.07, 6.45) is -3.16. The molecule has 0 bridgehead atoms. The highest BCUT2D eigenvalue weighted by atomic mass is 19.4. The van der Waals surface area contributed by atoms with E-state index in [0.717, 1.165) is 12.1 Å². The maximum atomic E-state index is 12.1. The highest BCUT2D eigenvalue weighted by Crippen LogP contribution is 2.28. The molecule has 0 N–H and O–H groups in total. The molecule has 0 aliphatic heterocycles. The Hall–Kier alpha value is -2.05. The summed E-state index contributed by atoms with van der Waals surface area (Å²) in [5.41, 5.74) is -0.395. The molecule has 0 aromatic heterocycles. The van der Waals surface area contributed by atoms with Gasteiger partial charge < -0.3 is 0 Å². The second kappa shape index (κ2) is 4.45. The zero-order valence-corrected chi connectivity index (χ0v) is 7.30. The first kappa shape index (κ1) is 11.0. The summed E-state index contributed by atoms with van der Waals surface area (Å²) in [4.78, 5) is 12.6. The van der Waals surface area contributed by atoms with Gasteiger partial charge in [-0.05, 0) is 30.2 Å². The molecule has 0 saturated carbocycles. The van der Waals surface area contributed by atoms with Gasteiger partial charge in [0.25, 0.3) is 0 Å². The maximum Gasteiger partial charge on any atom is 0.416 e. The van der Waals surface area contributed by atoms with Crippen LogP contribution in [0, 0.1) is 12.0 Å². The quantitative estimate of drug-likeness (QED) is 0.368. The molecule has 0 radical (unpaired) electrons. The molecule has 1 aromatic carbocycles. The molecule has 0 heterocycles. The smallest absolute Gasteiger partial charge is 0.210 e. The predicted molar refractivity (Wildman–Crippen MR) is 46.4 cm³/mol. The normalized spacial score (nSPS) is 9.80. The molecule has 0 fully saturated rings. The van der Waals surface area contributed by atoms with Crippen molar-refractivity contribution in [3.63, 3.8) is 0 Å². The number of benzene rings is 1. The number of halogens is 3. The van der Waals surface area contributed by atoms with Crippen molar-refractivity contribution < 1.29 is 18.0 Å². The molecular weight excluding hydrogens is 207 g/mol. The lowest BCUT2D eigenvalue weighted by Crippen LogP contribution is -2.03. The largest absolute Gasteiger partial charge is 0.416 e. The number of hydrogen-bond acceptors (Lipinski definition) is 2. The van der Waals surface area contributed by atoms with Gasteiger partial charge in [-0.25, -0.2) is 4.79 Å². The number of hydrogen-bond donors (Lipinski definition) is 0. The van der Waals surface area contributed by atoms with Crippen LogP contribution in [0.15, 0.2) is 29.3 Å². The highest BCUT2D eigenvalue weighted by Gasteiger charge is 2.29. The third-order valence-electron chi connectivity index (χ3n) is 1.51. The molecule has 15 heavy (non-hydrogen) atoms. The molecule has 0 aliphatic rings. The van der Waals surface area contributed by atoms with E-state index in [1.54, 1.807) is 0 Å². The van der Waals surface area contributed by atoms with Crippen LogP contribution in [0.25, 0.3) is 0 Å². The number of carbonyl (C=O) groups excluding carboxylic acids is 1. The van der Waals surface area contributed by atoms with Gasteiger partial charge in [0.2, 0.25) is 6.08 Å². The SMILES string of the molecule is O=C=NC#Cc1ccc(C(F)(F)F)cc1. The van der Waals surface area contributed by atoms with Crippen molar-refractivity contribution in [2.75, 3.05) is 0 Å². The Balaban J connectivity index is 2.92. The van der Waals surface area contributed by atoms with Crippen molar-refractivity contribution in [2.45, 2.75) is 6.18 Å². The van der Waals surface area contributed by atoms with Gasteiger partial charge in [-0.3, -0.25) is 0 Å². The van der Waals surface area contributed by atoms with E-state index < -0.39 is 11.7 Å². The molecule has 0 aliphatic carbocycles. The minimum Gasteiger partial charge on any atom is -0.210 e. The Kier molecular flexibility index (Phi) is 3.27. The second-order valence-corrected chi connectivity index (χ2v) is 2.52. The van der Waals surface area contributed by atoms with Gasteiger partial charge in [0.15, 0.2) is 0 Å². The van der Waals surface area contributed by atoms with Crippen molar-refractivity contribution in [3.8, 4) is 12.0 Å². The summed E-state index contributed by atoms with van der Waals surface area (Å²) in [6.45, 7) is 0. The van der Waals surface area contributed by atoms with E-state index in [1.807, 2.05) is 0 Å². The monoisotopic (exact) mass is 211 g/mol. The molecule has 0 atom stereocenters. The van der Waals surface area contributed by atoms with Crippen molar-refractivity contribution in [1.82, 2.24) is 0 Å². The van der Waals surface area contributed by atoms with Gasteiger partial charge in [0.1, 0.15) is 0 Å². The minimum atomic E-state index is -4.35. The molecule has 0 saturated heterocycles. The Morgan fingerprint density at radius 1 is 1.13 bits per heavy atom. The molecule has 2 nitrogen and oxygen atoms in total. The van der Waals surface area contributed by atoms with Crippen LogP contribution in [0.1, 0.15) is 11.1 Å². The zero-order valence-electron chi connectivity index (χ0n) is 7.30. The lowest BCUT2D eigenvalue weighted by Gasteiger charge is -2.05. The van der Waals surface area contributed by atoms with Crippen LogP contribution in [-0.2, 0) is 11.0 Å². The molecule has 1 aromatic rings. The van der Waals surface area contributed by atoms with Gasteiger partial charge in [0, 0.05) is 5.56 Å². The van der Waals surface area contributed by atoms with E-state index in [9.17, 15) is 18.0 Å². The van der Waals surface area contributed by atoms with E-state index >= 15 is 0 Å². The third kappa shape index (κ3) is 3.29. The summed E-state index contributed by atoms with van der Waals surface area (Å²) in [5, 5.41) is 0. The highest BCUT2D eigenvalue weighted by molar-refractivity contribution is 5.41. The second-order valence-electron chi connectivity index (χ2n) is 2.52. The number of alkyl halides is 3. The first-order chi connectivity index (χ1) is 7.04. The average molecular weight is 211 g/mol. The minimum absolute atomic E-state index is 0.349. The van der Waals surface area contributed by atoms with Crippen molar-refractivity contribution >= 4 is 6.08 Å². The van der Waals surface area contributed by atoms with Crippen molar-refractivity contribution in [2.24, 2.45) is 4.99 Å². The predicted octanol–water partition coefficient (Wildman–Crippen LogP) is 2.35. The first-order valence-electron chi connectivity index (χ1n) is 3.79. The maximum absolute atomic E-state index is 12.1. The van der Waals surface area contributed by atoms with Crippen LogP contribution in [0.4, 0.5) is 13.2 Å². The molecule has 0 unspecified atom stereocenters. The lowest BCUT2D eigenvalue weighted by atomic mass is 10.1. The van der Waals surface area contributed by atoms with Gasteiger partial charge >= 0.3 is 6.18 Å². The topological polar surface area (TPSA) is 29.4 Å². The molecule has 5 heteroatoms. The first-order valence-corrected chi connectivity index (χ1v) is 3.79. The van der Waals surface area contributed by atoms with E-state index in [1.165, 1.54) is 18.2 Å². The van der Waals surface area contributed by atoms with E-state index in [4.69, 9.17) is 0 Å². The summed E-state index contributed by atoms with van der Waals surface area (Å²) in [5.74, 6) is 2.38. The van der Waals surface area contributed by atoms with Gasteiger partial charge in [0.05, 0.1) is 11.6 Å². The Morgan fingerprint density at radius 3 is 2.20 bits per heavy atom. The number of isocyanates is 1. The third-order valence-corrected chi connectivity index (χ3v) is 1.51. The Labute approximate surface area is 83.4 Å². The number of nitrogens with zero attached hydrogens (tertiary/aromatic N) is 1. The number of rotatable bonds is 0. The van der Waals surface area contributed by atoms with E-state index in [2.05, 4.69) is 17.0 Å². The molecule has 0 spiro atoms. The summed E-state index contributed by atoms with van der Waals surface area (Å²) in [7, 11) is 0. The summed E-state index contributed by atoms with van der Waals surface area (Å²) < 4.78 is 36.4. The fourth-order valence-electron chi connectivity index (χ4n) is 0.858. The Morgan fingerprint density at radius 2 is 1.73 bits per heavy atom. The van der Waals surface area contributed by atoms with Crippen LogP contribution in [0.2, 0.25) is 0 Å². The summed E-state index contributed by atoms with van der Waals surface area (Å²) in [6, 6.07) is 6.31. The van der Waals surface area contributed by atoms with Crippen LogP contribution < -0.4 is 0 Å². The molecule has 76 valence electrons. The van der Waals surface area contributed by atoms with Crippen LogP contribution in [0.3, 0.4) is 0 Å². The van der Waals surface area contributed by atoms with Gasteiger partial charge in [-0.15, -0.1) is 4.99 Å². The average Bonchev–Trinajstić information content (AvgIpc) is 2.18. The fraction of sp³-hybridized carbons (Fsp3) is 0.100. The van der Waals surface area contributed by atoms with Gasteiger partial charge in [-0.1, -0.05) is 0 Å². The summed E-state index contributed by atoms with van der Waals surface area (Å²) >= 11 is 0. The van der Waals surface area contributed by atoms with Crippen molar-refractivity contribution in [3.05, 3.63) is 35.4 Å². The van der Waals surface area contributed by atoms with E-state index in [-0.39, 0.29) is 0 Å². The molecule has 1 rings (SSSR count). The Bertz CT molecular complexity index is 444. The van der Waals surface area contributed by atoms with Crippen molar-refractivity contribution in [1.29, 1.82) is 0 Å². The zero-order chi connectivity index (χ0) is 11.3.